The van der Waals surface area contributed by atoms with Crippen molar-refractivity contribution in [1.82, 2.24) is 19.9 Å². The lowest BCUT2D eigenvalue weighted by atomic mass is 10.2. The van der Waals surface area contributed by atoms with Crippen LogP contribution in [0.2, 0.25) is 0 Å². The second kappa shape index (κ2) is 4.94. The Bertz CT molecular complexity index is 733. The first-order valence-electron chi connectivity index (χ1n) is 5.75. The minimum atomic E-state index is 0.740. The van der Waals surface area contributed by atoms with Gasteiger partial charge in [-0.25, -0.2) is 15.0 Å². The zero-order chi connectivity index (χ0) is 13.4. The monoisotopic (exact) mass is 334 g/mol. The predicted octanol–water partition coefficient (Wildman–Crippen LogP) is 3.88. The number of benzene rings is 1. The largest absolute Gasteiger partial charge is 0.333 e. The molecule has 0 aliphatic heterocycles. The van der Waals surface area contributed by atoms with E-state index in [-0.39, 0.29) is 0 Å². The Morgan fingerprint density at radius 1 is 1.11 bits per heavy atom. The molecule has 0 aliphatic carbocycles. The van der Waals surface area contributed by atoms with Gasteiger partial charge in [0.2, 0.25) is 0 Å². The van der Waals surface area contributed by atoms with Gasteiger partial charge in [-0.05, 0) is 59.2 Å². The van der Waals surface area contributed by atoms with Crippen molar-refractivity contribution < 1.29 is 0 Å². The molecule has 0 aliphatic rings. The molecule has 2 aromatic heterocycles. The quantitative estimate of drug-likeness (QED) is 0.722. The summed E-state index contributed by atoms with van der Waals surface area (Å²) >= 11 is 4.88. The summed E-state index contributed by atoms with van der Waals surface area (Å²) in [6.45, 7) is 3.94. The molecule has 0 bridgehead atoms. The van der Waals surface area contributed by atoms with Crippen LogP contribution in [-0.2, 0) is 0 Å². The second-order valence-corrected chi connectivity index (χ2v) is 6.06. The SMILES string of the molecule is Cc1ccc2nc(Sc3cc(Br)nc(C)n3)[nH]c2c1. The Labute approximate surface area is 123 Å². The van der Waals surface area contributed by atoms with Crippen LogP contribution in [-0.4, -0.2) is 19.9 Å². The fourth-order valence-electron chi connectivity index (χ4n) is 1.81. The molecule has 96 valence electrons. The van der Waals surface area contributed by atoms with E-state index in [1.165, 1.54) is 17.3 Å². The highest BCUT2D eigenvalue weighted by molar-refractivity contribution is 9.10. The Morgan fingerprint density at radius 2 is 1.95 bits per heavy atom. The van der Waals surface area contributed by atoms with E-state index in [2.05, 4.69) is 54.9 Å². The summed E-state index contributed by atoms with van der Waals surface area (Å²) < 4.78 is 0.787. The number of aromatic nitrogens is 4. The van der Waals surface area contributed by atoms with Gasteiger partial charge in [0.25, 0.3) is 0 Å². The van der Waals surface area contributed by atoms with Gasteiger partial charge in [0.15, 0.2) is 5.16 Å². The Morgan fingerprint density at radius 3 is 2.74 bits per heavy atom. The maximum Gasteiger partial charge on any atom is 0.172 e. The molecule has 3 aromatic rings. The van der Waals surface area contributed by atoms with E-state index in [9.17, 15) is 0 Å². The summed E-state index contributed by atoms with van der Waals surface area (Å²) in [7, 11) is 0. The zero-order valence-electron chi connectivity index (χ0n) is 10.4. The van der Waals surface area contributed by atoms with E-state index in [0.717, 1.165) is 31.6 Å². The van der Waals surface area contributed by atoms with Crippen LogP contribution in [0.25, 0.3) is 11.0 Å². The number of aromatic amines is 1. The number of nitrogens with one attached hydrogen (secondary N) is 1. The standard InChI is InChI=1S/C13H11BrN4S/c1-7-3-4-9-10(5-7)18-13(17-9)19-12-6-11(14)15-8(2)16-12/h3-6H,1-2H3,(H,17,18). The predicted molar refractivity (Wildman–Crippen MR) is 79.4 cm³/mol. The van der Waals surface area contributed by atoms with Crippen molar-refractivity contribution in [2.24, 2.45) is 0 Å². The van der Waals surface area contributed by atoms with Crippen molar-refractivity contribution in [1.29, 1.82) is 0 Å². The number of rotatable bonds is 2. The third kappa shape index (κ3) is 2.79. The van der Waals surface area contributed by atoms with Crippen molar-refractivity contribution in [3.8, 4) is 0 Å². The van der Waals surface area contributed by atoms with Gasteiger partial charge in [-0.1, -0.05) is 6.07 Å². The van der Waals surface area contributed by atoms with Crippen molar-refractivity contribution in [3.05, 3.63) is 40.3 Å². The smallest absolute Gasteiger partial charge is 0.172 e. The lowest BCUT2D eigenvalue weighted by molar-refractivity contribution is 0.945. The maximum absolute atomic E-state index is 4.54. The van der Waals surface area contributed by atoms with E-state index >= 15 is 0 Å². The molecular formula is C13H11BrN4S. The Hall–Kier alpha value is -1.40. The number of H-pyrrole nitrogens is 1. The van der Waals surface area contributed by atoms with E-state index in [1.54, 1.807) is 0 Å². The van der Waals surface area contributed by atoms with E-state index < -0.39 is 0 Å². The first-order valence-corrected chi connectivity index (χ1v) is 7.36. The van der Waals surface area contributed by atoms with Crippen LogP contribution in [0.1, 0.15) is 11.4 Å². The van der Waals surface area contributed by atoms with Gasteiger partial charge >= 0.3 is 0 Å². The summed E-state index contributed by atoms with van der Waals surface area (Å²) in [5.74, 6) is 0.740. The van der Waals surface area contributed by atoms with Crippen LogP contribution in [0, 0.1) is 13.8 Å². The van der Waals surface area contributed by atoms with Crippen LogP contribution < -0.4 is 0 Å². The number of halogens is 1. The molecule has 0 atom stereocenters. The van der Waals surface area contributed by atoms with Crippen molar-refractivity contribution in [2.45, 2.75) is 24.0 Å². The van der Waals surface area contributed by atoms with Crippen molar-refractivity contribution >= 4 is 38.7 Å². The normalized spacial score (nSPS) is 11.1. The molecule has 0 amide bonds. The third-order valence-corrected chi connectivity index (χ3v) is 3.81. The highest BCUT2D eigenvalue weighted by Crippen LogP contribution is 2.27. The fourth-order valence-corrected chi connectivity index (χ4v) is 3.28. The van der Waals surface area contributed by atoms with Crippen molar-refractivity contribution in [2.75, 3.05) is 0 Å². The zero-order valence-corrected chi connectivity index (χ0v) is 12.8. The molecule has 19 heavy (non-hydrogen) atoms. The van der Waals surface area contributed by atoms with Gasteiger partial charge in [0.05, 0.1) is 11.0 Å². The van der Waals surface area contributed by atoms with Gasteiger partial charge in [0.1, 0.15) is 15.5 Å². The van der Waals surface area contributed by atoms with Gasteiger partial charge in [-0.15, -0.1) is 0 Å². The minimum absolute atomic E-state index is 0.740. The van der Waals surface area contributed by atoms with Gasteiger partial charge in [0, 0.05) is 6.07 Å². The molecule has 1 aromatic carbocycles. The van der Waals surface area contributed by atoms with E-state index in [0.29, 0.717) is 0 Å². The van der Waals surface area contributed by atoms with E-state index in [1.807, 2.05) is 19.1 Å². The van der Waals surface area contributed by atoms with Crippen molar-refractivity contribution in [3.63, 3.8) is 0 Å². The number of imidazole rings is 1. The molecule has 1 N–H and O–H groups in total. The van der Waals surface area contributed by atoms with Crippen LogP contribution in [0.5, 0.6) is 0 Å². The number of hydrogen-bond acceptors (Lipinski definition) is 4. The van der Waals surface area contributed by atoms with Gasteiger partial charge < -0.3 is 4.98 Å². The second-order valence-electron chi connectivity index (χ2n) is 4.24. The van der Waals surface area contributed by atoms with Gasteiger partial charge in [-0.2, -0.15) is 0 Å². The van der Waals surface area contributed by atoms with Crippen LogP contribution in [0.15, 0.2) is 39.1 Å². The molecule has 0 radical (unpaired) electrons. The van der Waals surface area contributed by atoms with E-state index in [4.69, 9.17) is 0 Å². The number of hydrogen-bond donors (Lipinski definition) is 1. The third-order valence-electron chi connectivity index (χ3n) is 2.60. The maximum atomic E-state index is 4.54. The number of nitrogens with zero attached hydrogens (tertiary/aromatic N) is 3. The summed E-state index contributed by atoms with van der Waals surface area (Å²) in [6.07, 6.45) is 0. The first-order chi connectivity index (χ1) is 9.10. The molecular weight excluding hydrogens is 324 g/mol. The highest BCUT2D eigenvalue weighted by Gasteiger charge is 2.07. The fraction of sp³-hybridized carbons (Fsp3) is 0.154. The molecule has 3 rings (SSSR count). The first kappa shape index (κ1) is 12.6. The summed E-state index contributed by atoms with van der Waals surface area (Å²) in [6, 6.07) is 8.05. The lowest BCUT2D eigenvalue weighted by Crippen LogP contribution is -1.90. The summed E-state index contributed by atoms with van der Waals surface area (Å²) in [5.41, 5.74) is 3.23. The molecule has 4 nitrogen and oxygen atoms in total. The lowest BCUT2D eigenvalue weighted by Gasteiger charge is -1.99. The Balaban J connectivity index is 1.96. The molecule has 0 saturated heterocycles. The van der Waals surface area contributed by atoms with Crippen LogP contribution in [0.3, 0.4) is 0 Å². The number of fused-ring (bicyclic) bond motifs is 1. The Kier molecular flexibility index (Phi) is 3.28. The molecule has 0 spiro atoms. The summed E-state index contributed by atoms with van der Waals surface area (Å²) in [4.78, 5) is 16.4. The molecule has 6 heteroatoms. The highest BCUT2D eigenvalue weighted by atomic mass is 79.9. The average Bonchev–Trinajstić information content (AvgIpc) is 2.68. The van der Waals surface area contributed by atoms with Crippen LogP contribution >= 0.6 is 27.7 Å². The van der Waals surface area contributed by atoms with Gasteiger partial charge in [-0.3, -0.25) is 0 Å². The number of aryl methyl sites for hydroxylation is 2. The summed E-state index contributed by atoms with van der Waals surface area (Å²) in [5, 5.41) is 1.71. The molecule has 0 unspecified atom stereocenters. The topological polar surface area (TPSA) is 54.5 Å². The molecule has 0 saturated carbocycles. The minimum Gasteiger partial charge on any atom is -0.333 e. The molecule has 0 fully saturated rings. The average molecular weight is 335 g/mol. The molecule has 2 heterocycles. The van der Waals surface area contributed by atoms with Crippen LogP contribution in [0.4, 0.5) is 0 Å².